The maximum Gasteiger partial charge on any atom is 0.338 e. The molecule has 2 atom stereocenters. The summed E-state index contributed by atoms with van der Waals surface area (Å²) in [5.41, 5.74) is -5.16. The van der Waals surface area contributed by atoms with Crippen molar-refractivity contribution in [3.8, 4) is 0 Å². The summed E-state index contributed by atoms with van der Waals surface area (Å²) in [7, 11) is 0. The molecular weight excluding hydrogens is 301 g/mol. The number of nitrogens with zero attached hydrogens (tertiary/aromatic N) is 2. The molecule has 1 aromatic heterocycles. The van der Waals surface area contributed by atoms with E-state index < -0.39 is 28.1 Å². The van der Waals surface area contributed by atoms with Crippen LogP contribution < -0.4 is 17.1 Å². The third-order valence-corrected chi connectivity index (χ3v) is 3.19. The van der Waals surface area contributed by atoms with Crippen molar-refractivity contribution in [3.05, 3.63) is 31.5 Å². The van der Waals surface area contributed by atoms with E-state index in [0.717, 1.165) is 0 Å². The lowest BCUT2D eigenvalue weighted by atomic mass is 10.4. The molecule has 8 nitrogen and oxygen atoms in total. The van der Waals surface area contributed by atoms with Gasteiger partial charge in [-0.15, -0.1) is 0 Å². The number of halogens is 2. The highest BCUT2D eigenvalue weighted by molar-refractivity contribution is 6.19. The maximum atomic E-state index is 12.0. The summed E-state index contributed by atoms with van der Waals surface area (Å²) < 4.78 is 1.18. The summed E-state index contributed by atoms with van der Waals surface area (Å²) >= 11 is 11.6. The van der Waals surface area contributed by atoms with Gasteiger partial charge in [0, 0.05) is 26.1 Å². The average Bonchev–Trinajstić information content (AvgIpc) is 2.28. The van der Waals surface area contributed by atoms with Crippen molar-refractivity contribution in [1.29, 1.82) is 0 Å². The van der Waals surface area contributed by atoms with Gasteiger partial charge in [-0.2, -0.15) is 0 Å². The second-order valence-corrected chi connectivity index (χ2v) is 4.66. The number of hydrogen-bond acceptors (Lipinski definition) is 5. The number of rotatable bonds is 6. The van der Waals surface area contributed by atoms with Crippen molar-refractivity contribution in [1.82, 2.24) is 14.1 Å². The molecule has 0 bridgehead atoms. The highest BCUT2D eigenvalue weighted by Crippen LogP contribution is 2.13. The summed E-state index contributed by atoms with van der Waals surface area (Å²) in [5, 5.41) is 17.5. The first-order chi connectivity index (χ1) is 8.93. The number of aliphatic hydroxyl groups excluding tert-OH is 2. The largest absolute Gasteiger partial charge is 0.396 e. The molecule has 0 aromatic carbocycles. The third kappa shape index (κ3) is 3.47. The van der Waals surface area contributed by atoms with Gasteiger partial charge in [-0.25, -0.2) is 23.5 Å². The molecule has 0 radical (unpaired) electrons. The first-order valence-corrected chi connectivity index (χ1v) is 6.28. The minimum absolute atomic E-state index is 0.0459. The molecular formula is C9H13Cl2N3O5. The molecule has 2 unspecified atom stereocenters. The van der Waals surface area contributed by atoms with Crippen molar-refractivity contribution in [3.63, 3.8) is 0 Å². The van der Waals surface area contributed by atoms with E-state index in [0.29, 0.717) is 9.13 Å². The summed E-state index contributed by atoms with van der Waals surface area (Å²) in [6.07, 6.45) is -0.0919. The molecule has 0 spiro atoms. The van der Waals surface area contributed by atoms with Crippen LogP contribution in [-0.4, -0.2) is 37.5 Å². The Morgan fingerprint density at radius 3 is 1.63 bits per heavy atom. The quantitative estimate of drug-likeness (QED) is 0.579. The summed E-state index contributed by atoms with van der Waals surface area (Å²) in [6.45, 7) is -0.666. The molecule has 0 aliphatic rings. The van der Waals surface area contributed by atoms with Crippen molar-refractivity contribution in [2.75, 3.05) is 13.2 Å². The van der Waals surface area contributed by atoms with Crippen molar-refractivity contribution in [2.45, 2.75) is 23.8 Å². The first-order valence-electron chi connectivity index (χ1n) is 5.41. The van der Waals surface area contributed by atoms with Crippen LogP contribution >= 0.6 is 23.2 Å². The van der Waals surface area contributed by atoms with Crippen LogP contribution in [0, 0.1) is 0 Å². The first kappa shape index (κ1) is 16.0. The highest BCUT2D eigenvalue weighted by atomic mass is 35.5. The zero-order valence-corrected chi connectivity index (χ0v) is 11.3. The Hall–Kier alpha value is -1.09. The lowest BCUT2D eigenvalue weighted by molar-refractivity contribution is 0.266. The van der Waals surface area contributed by atoms with Crippen LogP contribution in [0.25, 0.3) is 0 Å². The number of nitrogens with one attached hydrogen (secondary N) is 1. The molecule has 108 valence electrons. The van der Waals surface area contributed by atoms with Gasteiger partial charge >= 0.3 is 17.1 Å². The lowest BCUT2D eigenvalue weighted by Gasteiger charge is -2.15. The predicted molar refractivity (Wildman–Crippen MR) is 68.8 cm³/mol. The van der Waals surface area contributed by atoms with E-state index in [4.69, 9.17) is 33.4 Å². The standard InChI is InChI=1S/C9H13Cl2N3O5/c10-5(1-3-15)13-7(17)12-8(18)14(9(13)19)6(11)2-4-16/h5-6,15-16H,1-4H2,(H,12,17,18). The van der Waals surface area contributed by atoms with E-state index in [-0.39, 0.29) is 26.1 Å². The van der Waals surface area contributed by atoms with E-state index in [1.807, 2.05) is 4.98 Å². The fourth-order valence-electron chi connectivity index (χ4n) is 1.47. The zero-order valence-electron chi connectivity index (χ0n) is 9.75. The van der Waals surface area contributed by atoms with E-state index in [1.165, 1.54) is 0 Å². The fourth-order valence-corrected chi connectivity index (χ4v) is 2.01. The molecule has 3 N–H and O–H groups in total. The number of aliphatic hydroxyl groups is 2. The average molecular weight is 314 g/mol. The highest BCUT2D eigenvalue weighted by Gasteiger charge is 2.20. The molecule has 0 fully saturated rings. The summed E-state index contributed by atoms with van der Waals surface area (Å²) in [4.78, 5) is 37.0. The van der Waals surface area contributed by atoms with Gasteiger partial charge in [-0.1, -0.05) is 23.2 Å². The molecule has 1 rings (SSSR count). The maximum absolute atomic E-state index is 12.0. The molecule has 0 saturated heterocycles. The predicted octanol–water partition coefficient (Wildman–Crippen LogP) is -1.06. The van der Waals surface area contributed by atoms with Crippen molar-refractivity contribution >= 4 is 23.2 Å². The number of H-pyrrole nitrogens is 1. The molecule has 0 amide bonds. The van der Waals surface area contributed by atoms with Crippen LogP contribution in [0.3, 0.4) is 0 Å². The second-order valence-electron chi connectivity index (χ2n) is 3.65. The van der Waals surface area contributed by atoms with Gasteiger partial charge in [-0.3, -0.25) is 4.98 Å². The minimum Gasteiger partial charge on any atom is -0.396 e. The van der Waals surface area contributed by atoms with Gasteiger partial charge in [0.05, 0.1) is 0 Å². The van der Waals surface area contributed by atoms with Crippen LogP contribution in [0.2, 0.25) is 0 Å². The van der Waals surface area contributed by atoms with Gasteiger partial charge in [0.15, 0.2) is 0 Å². The Bertz CT molecular complexity index is 545. The van der Waals surface area contributed by atoms with Crippen LogP contribution in [-0.2, 0) is 0 Å². The Labute approximate surface area is 116 Å². The Balaban J connectivity index is 3.43. The molecule has 1 heterocycles. The second kappa shape index (κ2) is 6.90. The van der Waals surface area contributed by atoms with E-state index in [9.17, 15) is 14.4 Å². The van der Waals surface area contributed by atoms with Gasteiger partial charge in [0.1, 0.15) is 11.0 Å². The summed E-state index contributed by atoms with van der Waals surface area (Å²) in [5.74, 6) is 0. The number of alkyl halides is 2. The Morgan fingerprint density at radius 2 is 1.32 bits per heavy atom. The van der Waals surface area contributed by atoms with Crippen LogP contribution in [0.5, 0.6) is 0 Å². The summed E-state index contributed by atoms with van der Waals surface area (Å²) in [6, 6.07) is 0. The van der Waals surface area contributed by atoms with Crippen molar-refractivity contribution in [2.24, 2.45) is 0 Å². The van der Waals surface area contributed by atoms with Crippen molar-refractivity contribution < 1.29 is 10.2 Å². The normalized spacial score (nSPS) is 14.3. The Kier molecular flexibility index (Phi) is 5.80. The molecule has 0 aliphatic heterocycles. The lowest BCUT2D eigenvalue weighted by Crippen LogP contribution is -2.50. The minimum atomic E-state index is -1.11. The topological polar surface area (TPSA) is 117 Å². The van der Waals surface area contributed by atoms with Gasteiger partial charge in [0.25, 0.3) is 0 Å². The smallest absolute Gasteiger partial charge is 0.338 e. The van der Waals surface area contributed by atoms with Gasteiger partial charge < -0.3 is 10.2 Å². The monoisotopic (exact) mass is 313 g/mol. The Morgan fingerprint density at radius 1 is 0.947 bits per heavy atom. The molecule has 19 heavy (non-hydrogen) atoms. The third-order valence-electron chi connectivity index (χ3n) is 2.36. The van der Waals surface area contributed by atoms with Crippen LogP contribution in [0.15, 0.2) is 14.4 Å². The van der Waals surface area contributed by atoms with E-state index in [1.54, 1.807) is 0 Å². The van der Waals surface area contributed by atoms with Crippen LogP contribution in [0.1, 0.15) is 23.8 Å². The van der Waals surface area contributed by atoms with E-state index in [2.05, 4.69) is 0 Å². The number of aromatic nitrogens is 3. The van der Waals surface area contributed by atoms with Gasteiger partial charge in [0.2, 0.25) is 0 Å². The molecule has 0 aliphatic carbocycles. The molecule has 10 heteroatoms. The van der Waals surface area contributed by atoms with E-state index >= 15 is 0 Å². The fraction of sp³-hybridized carbons (Fsp3) is 0.667. The SMILES string of the molecule is O=c1[nH]c(=O)n(C(Cl)CCO)c(=O)n1C(Cl)CCO. The van der Waals surface area contributed by atoms with Crippen LogP contribution in [0.4, 0.5) is 0 Å². The molecule has 0 saturated carbocycles. The number of aromatic amines is 1. The molecule has 1 aromatic rings. The number of hydrogen-bond donors (Lipinski definition) is 3. The zero-order chi connectivity index (χ0) is 14.6. The van der Waals surface area contributed by atoms with Gasteiger partial charge in [-0.05, 0) is 0 Å².